The molecule has 0 aromatic heterocycles. The Morgan fingerprint density at radius 1 is 1.21 bits per heavy atom. The van der Waals surface area contributed by atoms with Crippen LogP contribution in [0.4, 0.5) is 0 Å². The molecule has 0 saturated carbocycles. The Kier molecular flexibility index (Phi) is 6.57. The predicted molar refractivity (Wildman–Crippen MR) is 76.4 cm³/mol. The zero-order chi connectivity index (χ0) is 14.3. The minimum atomic E-state index is -0.899. The van der Waals surface area contributed by atoms with Crippen molar-refractivity contribution < 1.29 is 14.6 Å². The van der Waals surface area contributed by atoms with Crippen molar-refractivity contribution in [1.29, 1.82) is 0 Å². The van der Waals surface area contributed by atoms with Crippen LogP contribution in [-0.2, 0) is 22.4 Å². The lowest BCUT2D eigenvalue weighted by Gasteiger charge is -2.16. The fourth-order valence-corrected chi connectivity index (χ4v) is 1.96. The highest BCUT2D eigenvalue weighted by Crippen LogP contribution is 2.12. The highest BCUT2D eigenvalue weighted by Gasteiger charge is 2.19. The van der Waals surface area contributed by atoms with Crippen molar-refractivity contribution in [3.8, 4) is 0 Å². The summed E-state index contributed by atoms with van der Waals surface area (Å²) < 4.78 is 5.41. The molecule has 3 heteroatoms. The van der Waals surface area contributed by atoms with Crippen LogP contribution in [0.2, 0.25) is 0 Å². The monoisotopic (exact) mass is 264 g/mol. The number of benzene rings is 1. The van der Waals surface area contributed by atoms with Crippen LogP contribution in [0.25, 0.3) is 0 Å². The maximum absolute atomic E-state index is 11.1. The summed E-state index contributed by atoms with van der Waals surface area (Å²) in [5, 5.41) is 9.13. The number of ether oxygens (including phenoxy) is 1. The number of hydrogen-bond donors (Lipinski definition) is 1. The van der Waals surface area contributed by atoms with Crippen molar-refractivity contribution in [2.45, 2.75) is 58.7 Å². The van der Waals surface area contributed by atoms with Crippen molar-refractivity contribution in [1.82, 2.24) is 0 Å². The molecule has 0 fully saturated rings. The van der Waals surface area contributed by atoms with Crippen molar-refractivity contribution in [3.05, 3.63) is 35.4 Å². The van der Waals surface area contributed by atoms with Crippen molar-refractivity contribution in [3.63, 3.8) is 0 Å². The molecule has 0 saturated heterocycles. The zero-order valence-corrected chi connectivity index (χ0v) is 12.1. The topological polar surface area (TPSA) is 46.5 Å². The normalized spacial score (nSPS) is 12.6. The zero-order valence-electron chi connectivity index (χ0n) is 12.1. The summed E-state index contributed by atoms with van der Waals surface area (Å²) >= 11 is 0. The van der Waals surface area contributed by atoms with Gasteiger partial charge in [0.1, 0.15) is 0 Å². The predicted octanol–water partition coefficient (Wildman–Crippen LogP) is 3.45. The lowest BCUT2D eigenvalue weighted by Crippen LogP contribution is -2.29. The van der Waals surface area contributed by atoms with E-state index in [1.54, 1.807) is 0 Å². The average molecular weight is 264 g/mol. The number of rotatable bonds is 8. The molecule has 0 heterocycles. The Morgan fingerprint density at radius 3 is 2.26 bits per heavy atom. The molecule has 0 radical (unpaired) electrons. The van der Waals surface area contributed by atoms with Gasteiger partial charge in [-0.3, -0.25) is 0 Å². The maximum Gasteiger partial charge on any atom is 0.333 e. The van der Waals surface area contributed by atoms with E-state index in [0.29, 0.717) is 6.42 Å². The van der Waals surface area contributed by atoms with Crippen LogP contribution in [-0.4, -0.2) is 23.3 Å². The first-order valence-corrected chi connectivity index (χ1v) is 6.99. The van der Waals surface area contributed by atoms with E-state index < -0.39 is 12.1 Å². The van der Waals surface area contributed by atoms with E-state index in [2.05, 4.69) is 19.1 Å². The second-order valence-electron chi connectivity index (χ2n) is 5.14. The van der Waals surface area contributed by atoms with Gasteiger partial charge in [0, 0.05) is 6.42 Å². The van der Waals surface area contributed by atoms with E-state index in [4.69, 9.17) is 9.84 Å². The molecule has 19 heavy (non-hydrogen) atoms. The Morgan fingerprint density at radius 2 is 1.79 bits per heavy atom. The van der Waals surface area contributed by atoms with E-state index in [1.807, 2.05) is 26.0 Å². The quantitative estimate of drug-likeness (QED) is 0.782. The third-order valence-corrected chi connectivity index (χ3v) is 2.97. The third kappa shape index (κ3) is 5.88. The molecule has 0 amide bonds. The fourth-order valence-electron chi connectivity index (χ4n) is 1.96. The Balaban J connectivity index is 2.61. The smallest absolute Gasteiger partial charge is 0.333 e. The molecule has 1 aromatic rings. The van der Waals surface area contributed by atoms with Gasteiger partial charge in [0.05, 0.1) is 6.10 Å². The van der Waals surface area contributed by atoms with E-state index in [0.717, 1.165) is 12.0 Å². The standard InChI is InChI=1S/C16H24O3/c1-4-5-6-13-7-9-14(10-8-13)11-15(16(17)18)19-12(2)3/h7-10,12,15H,4-6,11H2,1-3H3,(H,17,18). The van der Waals surface area contributed by atoms with Gasteiger partial charge in [0.25, 0.3) is 0 Å². The van der Waals surface area contributed by atoms with Crippen LogP contribution in [0.15, 0.2) is 24.3 Å². The average Bonchev–Trinajstić information content (AvgIpc) is 2.36. The minimum Gasteiger partial charge on any atom is -0.479 e. The number of carbonyl (C=O) groups is 1. The Bertz CT molecular complexity index is 381. The van der Waals surface area contributed by atoms with Gasteiger partial charge >= 0.3 is 5.97 Å². The maximum atomic E-state index is 11.1. The van der Waals surface area contributed by atoms with Crippen LogP contribution < -0.4 is 0 Å². The Hall–Kier alpha value is -1.35. The molecule has 106 valence electrons. The van der Waals surface area contributed by atoms with Gasteiger partial charge in [-0.2, -0.15) is 0 Å². The van der Waals surface area contributed by atoms with Gasteiger partial charge in [-0.1, -0.05) is 37.6 Å². The number of unbranched alkanes of at least 4 members (excludes halogenated alkanes) is 1. The molecule has 1 rings (SSSR count). The highest BCUT2D eigenvalue weighted by molar-refractivity contribution is 5.72. The molecule has 1 unspecified atom stereocenters. The molecule has 1 atom stereocenters. The van der Waals surface area contributed by atoms with Gasteiger partial charge in [0.2, 0.25) is 0 Å². The number of carboxylic acids is 1. The molecule has 3 nitrogen and oxygen atoms in total. The molecule has 0 bridgehead atoms. The molecular formula is C16H24O3. The summed E-state index contributed by atoms with van der Waals surface area (Å²) in [7, 11) is 0. The number of aryl methyl sites for hydroxylation is 1. The molecular weight excluding hydrogens is 240 g/mol. The van der Waals surface area contributed by atoms with Gasteiger partial charge in [0.15, 0.2) is 6.10 Å². The largest absolute Gasteiger partial charge is 0.479 e. The van der Waals surface area contributed by atoms with Crippen molar-refractivity contribution >= 4 is 5.97 Å². The first-order valence-electron chi connectivity index (χ1n) is 6.99. The lowest BCUT2D eigenvalue weighted by atomic mass is 10.0. The number of hydrogen-bond acceptors (Lipinski definition) is 2. The van der Waals surface area contributed by atoms with E-state index >= 15 is 0 Å². The summed E-state index contributed by atoms with van der Waals surface area (Å²) in [6.45, 7) is 5.88. The molecule has 0 aliphatic carbocycles. The second-order valence-corrected chi connectivity index (χ2v) is 5.14. The summed E-state index contributed by atoms with van der Waals surface area (Å²) in [5.74, 6) is -0.899. The summed E-state index contributed by atoms with van der Waals surface area (Å²) in [6.07, 6.45) is 3.04. The third-order valence-electron chi connectivity index (χ3n) is 2.97. The SMILES string of the molecule is CCCCc1ccc(CC(OC(C)C)C(=O)O)cc1. The van der Waals surface area contributed by atoms with Gasteiger partial charge in [-0.25, -0.2) is 4.79 Å². The number of aliphatic carboxylic acids is 1. The van der Waals surface area contributed by atoms with Gasteiger partial charge in [-0.05, 0) is 37.8 Å². The fraction of sp³-hybridized carbons (Fsp3) is 0.562. The van der Waals surface area contributed by atoms with Gasteiger partial charge in [-0.15, -0.1) is 0 Å². The van der Waals surface area contributed by atoms with E-state index in [1.165, 1.54) is 18.4 Å². The van der Waals surface area contributed by atoms with Crippen LogP contribution in [0.1, 0.15) is 44.7 Å². The van der Waals surface area contributed by atoms with Crippen LogP contribution in [0, 0.1) is 0 Å². The second kappa shape index (κ2) is 7.95. The first kappa shape index (κ1) is 15.7. The van der Waals surface area contributed by atoms with Crippen molar-refractivity contribution in [2.75, 3.05) is 0 Å². The Labute approximate surface area is 115 Å². The highest BCUT2D eigenvalue weighted by atomic mass is 16.5. The summed E-state index contributed by atoms with van der Waals surface area (Å²) in [4.78, 5) is 11.1. The molecule has 0 spiro atoms. The molecule has 1 N–H and O–H groups in total. The first-order chi connectivity index (χ1) is 9.02. The molecule has 0 aliphatic heterocycles. The molecule has 1 aromatic carbocycles. The van der Waals surface area contributed by atoms with Gasteiger partial charge < -0.3 is 9.84 Å². The van der Waals surface area contributed by atoms with Crippen molar-refractivity contribution in [2.24, 2.45) is 0 Å². The number of carboxylic acid groups (broad SMARTS) is 1. The summed E-state index contributed by atoms with van der Waals surface area (Å²) in [6, 6.07) is 8.17. The lowest BCUT2D eigenvalue weighted by molar-refractivity contribution is -0.153. The van der Waals surface area contributed by atoms with Crippen LogP contribution >= 0.6 is 0 Å². The van der Waals surface area contributed by atoms with Crippen LogP contribution in [0.5, 0.6) is 0 Å². The molecule has 0 aliphatic rings. The minimum absolute atomic E-state index is 0.0788. The van der Waals surface area contributed by atoms with E-state index in [-0.39, 0.29) is 6.10 Å². The van der Waals surface area contributed by atoms with E-state index in [9.17, 15) is 4.79 Å². The van der Waals surface area contributed by atoms with Crippen LogP contribution in [0.3, 0.4) is 0 Å². The summed E-state index contributed by atoms with van der Waals surface area (Å²) in [5.41, 5.74) is 2.32.